The van der Waals surface area contributed by atoms with Gasteiger partial charge >= 0.3 is 0 Å². The number of ether oxygens (including phenoxy) is 1. The quantitative estimate of drug-likeness (QED) is 0.879. The van der Waals surface area contributed by atoms with Crippen LogP contribution in [0.3, 0.4) is 0 Å². The maximum Gasteiger partial charge on any atom is 0.119 e. The van der Waals surface area contributed by atoms with Crippen LogP contribution in [-0.2, 0) is 19.7 Å². The van der Waals surface area contributed by atoms with Crippen LogP contribution in [-0.4, -0.2) is 9.78 Å². The summed E-state index contributed by atoms with van der Waals surface area (Å²) in [6.07, 6.45) is 1.87. The van der Waals surface area contributed by atoms with Gasteiger partial charge in [-0.05, 0) is 31.5 Å². The van der Waals surface area contributed by atoms with Crippen LogP contribution >= 0.6 is 0 Å². The Labute approximate surface area is 107 Å². The highest BCUT2D eigenvalue weighted by Gasteiger charge is 2.05. The second kappa shape index (κ2) is 5.69. The van der Waals surface area contributed by atoms with Crippen molar-refractivity contribution in [1.82, 2.24) is 9.78 Å². The number of benzene rings is 1. The van der Waals surface area contributed by atoms with E-state index in [4.69, 9.17) is 10.5 Å². The minimum Gasteiger partial charge on any atom is -0.489 e. The largest absolute Gasteiger partial charge is 0.489 e. The fourth-order valence-electron chi connectivity index (χ4n) is 1.83. The van der Waals surface area contributed by atoms with Crippen LogP contribution in [0.1, 0.15) is 23.7 Å². The van der Waals surface area contributed by atoms with Gasteiger partial charge < -0.3 is 10.5 Å². The summed E-state index contributed by atoms with van der Waals surface area (Å²) in [6.45, 7) is 6.14. The number of rotatable bonds is 5. The first-order chi connectivity index (χ1) is 8.74. The Hall–Kier alpha value is -1.81. The van der Waals surface area contributed by atoms with E-state index in [9.17, 15) is 0 Å². The monoisotopic (exact) mass is 245 g/mol. The highest BCUT2D eigenvalue weighted by atomic mass is 16.5. The van der Waals surface area contributed by atoms with Gasteiger partial charge in [-0.1, -0.05) is 12.1 Å². The first kappa shape index (κ1) is 12.6. The van der Waals surface area contributed by atoms with Crippen LogP contribution in [0.2, 0.25) is 0 Å². The van der Waals surface area contributed by atoms with Crippen LogP contribution in [0, 0.1) is 6.92 Å². The summed E-state index contributed by atoms with van der Waals surface area (Å²) in [5.74, 6) is 0.857. The third-order valence-corrected chi connectivity index (χ3v) is 3.06. The van der Waals surface area contributed by atoms with Gasteiger partial charge in [-0.2, -0.15) is 5.10 Å². The van der Waals surface area contributed by atoms with Crippen molar-refractivity contribution in [3.05, 3.63) is 47.3 Å². The summed E-state index contributed by atoms with van der Waals surface area (Å²) >= 11 is 0. The van der Waals surface area contributed by atoms with Gasteiger partial charge in [0, 0.05) is 24.3 Å². The Bertz CT molecular complexity index is 502. The van der Waals surface area contributed by atoms with Crippen LogP contribution in [0.15, 0.2) is 30.5 Å². The zero-order valence-electron chi connectivity index (χ0n) is 10.9. The molecule has 0 radical (unpaired) electrons. The molecule has 0 spiro atoms. The summed E-state index contributed by atoms with van der Waals surface area (Å²) in [5, 5.41) is 4.29. The highest BCUT2D eigenvalue weighted by Crippen LogP contribution is 2.15. The van der Waals surface area contributed by atoms with Crippen LogP contribution < -0.4 is 10.5 Å². The minimum absolute atomic E-state index is 0.549. The van der Waals surface area contributed by atoms with Gasteiger partial charge in [0.25, 0.3) is 0 Å². The van der Waals surface area contributed by atoms with Gasteiger partial charge in [-0.25, -0.2) is 0 Å². The number of hydrogen-bond acceptors (Lipinski definition) is 3. The molecule has 0 saturated carbocycles. The van der Waals surface area contributed by atoms with E-state index in [-0.39, 0.29) is 0 Å². The predicted octanol–water partition coefficient (Wildman–Crippen LogP) is 2.25. The van der Waals surface area contributed by atoms with Crippen molar-refractivity contribution in [3.63, 3.8) is 0 Å². The maximum absolute atomic E-state index is 5.74. The number of nitrogens with zero attached hydrogens (tertiary/aromatic N) is 2. The Morgan fingerprint density at radius 2 is 2.00 bits per heavy atom. The van der Waals surface area contributed by atoms with E-state index in [0.717, 1.165) is 29.1 Å². The molecule has 0 aliphatic rings. The normalized spacial score (nSPS) is 10.6. The van der Waals surface area contributed by atoms with E-state index in [1.165, 1.54) is 0 Å². The molecule has 0 bridgehead atoms. The number of aryl methyl sites for hydroxylation is 1. The first-order valence-corrected chi connectivity index (χ1v) is 6.17. The molecule has 96 valence electrons. The molecule has 4 heteroatoms. The fourth-order valence-corrected chi connectivity index (χ4v) is 1.83. The molecule has 0 amide bonds. The first-order valence-electron chi connectivity index (χ1n) is 6.17. The molecule has 1 heterocycles. The molecule has 0 aliphatic heterocycles. The maximum atomic E-state index is 5.74. The van der Waals surface area contributed by atoms with E-state index in [0.29, 0.717) is 13.2 Å². The van der Waals surface area contributed by atoms with Crippen molar-refractivity contribution in [1.29, 1.82) is 0 Å². The average Bonchev–Trinajstić information content (AvgIpc) is 2.77. The summed E-state index contributed by atoms with van der Waals surface area (Å²) in [4.78, 5) is 0. The molecule has 18 heavy (non-hydrogen) atoms. The van der Waals surface area contributed by atoms with Crippen LogP contribution in [0.25, 0.3) is 0 Å². The second-order valence-corrected chi connectivity index (χ2v) is 4.21. The molecular formula is C14H19N3O. The summed E-state index contributed by atoms with van der Waals surface area (Å²) in [6, 6.07) is 7.86. The summed E-state index contributed by atoms with van der Waals surface area (Å²) in [5.41, 5.74) is 8.95. The molecule has 2 aromatic rings. The molecule has 0 saturated heterocycles. The fraction of sp³-hybridized carbons (Fsp3) is 0.357. The molecule has 0 aliphatic carbocycles. The molecule has 0 unspecified atom stereocenters. The topological polar surface area (TPSA) is 53.1 Å². The zero-order valence-corrected chi connectivity index (χ0v) is 10.9. The van der Waals surface area contributed by atoms with E-state index in [1.807, 2.05) is 35.1 Å². The lowest BCUT2D eigenvalue weighted by Crippen LogP contribution is -2.01. The van der Waals surface area contributed by atoms with E-state index in [1.54, 1.807) is 0 Å². The average molecular weight is 245 g/mol. The van der Waals surface area contributed by atoms with Crippen LogP contribution in [0.5, 0.6) is 5.75 Å². The van der Waals surface area contributed by atoms with Gasteiger partial charge in [0.15, 0.2) is 0 Å². The third kappa shape index (κ3) is 2.71. The van der Waals surface area contributed by atoms with Crippen molar-refractivity contribution in [2.45, 2.75) is 33.5 Å². The van der Waals surface area contributed by atoms with E-state index >= 15 is 0 Å². The van der Waals surface area contributed by atoms with Crippen molar-refractivity contribution >= 4 is 0 Å². The third-order valence-electron chi connectivity index (χ3n) is 3.06. The molecule has 0 atom stereocenters. The Morgan fingerprint density at radius 1 is 1.28 bits per heavy atom. The van der Waals surface area contributed by atoms with Crippen molar-refractivity contribution in [2.75, 3.05) is 0 Å². The molecule has 4 nitrogen and oxygen atoms in total. The number of nitrogens with two attached hydrogens (primary N) is 1. The van der Waals surface area contributed by atoms with Crippen molar-refractivity contribution in [3.8, 4) is 5.75 Å². The summed E-state index contributed by atoms with van der Waals surface area (Å²) in [7, 11) is 0. The van der Waals surface area contributed by atoms with Gasteiger partial charge in [0.05, 0.1) is 6.20 Å². The van der Waals surface area contributed by atoms with Crippen LogP contribution in [0.4, 0.5) is 0 Å². The Kier molecular flexibility index (Phi) is 3.99. The van der Waals surface area contributed by atoms with E-state index < -0.39 is 0 Å². The van der Waals surface area contributed by atoms with Gasteiger partial charge in [-0.3, -0.25) is 4.68 Å². The molecule has 2 N–H and O–H groups in total. The molecule has 1 aromatic carbocycles. The SMILES string of the molecule is CCn1ncc(COc2ccc(CN)cc2)c1C. The van der Waals surface area contributed by atoms with E-state index in [2.05, 4.69) is 18.9 Å². The van der Waals surface area contributed by atoms with Crippen molar-refractivity contribution < 1.29 is 4.74 Å². The lowest BCUT2D eigenvalue weighted by atomic mass is 10.2. The highest BCUT2D eigenvalue weighted by molar-refractivity contribution is 5.27. The molecule has 0 fully saturated rings. The summed E-state index contributed by atoms with van der Waals surface area (Å²) < 4.78 is 7.70. The minimum atomic E-state index is 0.549. The van der Waals surface area contributed by atoms with Gasteiger partial charge in [0.1, 0.15) is 12.4 Å². The van der Waals surface area contributed by atoms with Gasteiger partial charge in [-0.15, -0.1) is 0 Å². The Balaban J connectivity index is 1.99. The molecular weight excluding hydrogens is 226 g/mol. The number of aromatic nitrogens is 2. The smallest absolute Gasteiger partial charge is 0.119 e. The lowest BCUT2D eigenvalue weighted by molar-refractivity contribution is 0.305. The lowest BCUT2D eigenvalue weighted by Gasteiger charge is -2.07. The van der Waals surface area contributed by atoms with Crippen molar-refractivity contribution in [2.24, 2.45) is 5.73 Å². The zero-order chi connectivity index (χ0) is 13.0. The Morgan fingerprint density at radius 3 is 2.56 bits per heavy atom. The number of hydrogen-bond donors (Lipinski definition) is 1. The molecule has 1 aromatic heterocycles. The second-order valence-electron chi connectivity index (χ2n) is 4.21. The predicted molar refractivity (Wildman–Crippen MR) is 71.3 cm³/mol. The standard InChI is InChI=1S/C14H19N3O/c1-3-17-11(2)13(9-16-17)10-18-14-6-4-12(8-15)5-7-14/h4-7,9H,3,8,10,15H2,1-2H3. The van der Waals surface area contributed by atoms with Gasteiger partial charge in [0.2, 0.25) is 0 Å². The molecule has 2 rings (SSSR count).